The van der Waals surface area contributed by atoms with Crippen LogP contribution >= 0.6 is 0 Å². The molecule has 0 aromatic heterocycles. The van der Waals surface area contributed by atoms with Crippen molar-refractivity contribution in [3.8, 4) is 0 Å². The van der Waals surface area contributed by atoms with Gasteiger partial charge in [0.25, 0.3) is 11.7 Å². The summed E-state index contributed by atoms with van der Waals surface area (Å²) in [6.45, 7) is 0. The third kappa shape index (κ3) is 2.09. The number of carbonyl (C=O) groups excluding carboxylic acids is 4. The van der Waals surface area contributed by atoms with E-state index in [1.807, 2.05) is 0 Å². The number of carbonyl (C=O) groups is 4. The minimum atomic E-state index is -1.06. The van der Waals surface area contributed by atoms with Gasteiger partial charge in [0.2, 0.25) is 0 Å². The highest BCUT2D eigenvalue weighted by atomic mass is 19.1. The summed E-state index contributed by atoms with van der Waals surface area (Å²) < 4.78 is 13.0. The van der Waals surface area contributed by atoms with Crippen molar-refractivity contribution in [1.82, 2.24) is 0 Å². The Labute approximate surface area is 140 Å². The first-order chi connectivity index (χ1) is 12.0. The van der Waals surface area contributed by atoms with Crippen LogP contribution in [0.25, 0.3) is 0 Å². The third-order valence-electron chi connectivity index (χ3n) is 4.03. The van der Waals surface area contributed by atoms with Crippen LogP contribution in [0.2, 0.25) is 0 Å². The summed E-state index contributed by atoms with van der Waals surface area (Å²) in [6, 6.07) is 11.0. The lowest BCUT2D eigenvalue weighted by Gasteiger charge is -2.27. The number of nitrogens with one attached hydrogen (secondary N) is 1. The van der Waals surface area contributed by atoms with Crippen LogP contribution in [0, 0.1) is 5.82 Å². The second kappa shape index (κ2) is 5.20. The van der Waals surface area contributed by atoms with Gasteiger partial charge in [-0.3, -0.25) is 24.1 Å². The van der Waals surface area contributed by atoms with Crippen molar-refractivity contribution in [2.24, 2.45) is 0 Å². The quantitative estimate of drug-likeness (QED) is 0.515. The molecule has 0 atom stereocenters. The summed E-state index contributed by atoms with van der Waals surface area (Å²) in [5, 5.41) is 2.56. The van der Waals surface area contributed by atoms with E-state index < -0.39 is 34.8 Å². The van der Waals surface area contributed by atoms with Gasteiger partial charge in [-0.2, -0.15) is 0 Å². The predicted octanol–water partition coefficient (Wildman–Crippen LogP) is 1.83. The maximum absolute atomic E-state index is 13.0. The SMILES string of the molecule is O=C1Nc2ccccc2N2C(=O)C(=O)C(C(=O)c3ccc(F)cc3)=C12. The summed E-state index contributed by atoms with van der Waals surface area (Å²) >= 11 is 0. The van der Waals surface area contributed by atoms with Gasteiger partial charge in [0.15, 0.2) is 5.78 Å². The number of amides is 2. The van der Waals surface area contributed by atoms with Gasteiger partial charge in [-0.15, -0.1) is 0 Å². The zero-order valence-corrected chi connectivity index (χ0v) is 12.6. The van der Waals surface area contributed by atoms with Crippen LogP contribution in [0.15, 0.2) is 59.8 Å². The zero-order valence-electron chi connectivity index (χ0n) is 12.6. The highest BCUT2D eigenvalue weighted by Gasteiger charge is 2.48. The molecule has 4 rings (SSSR count). The molecular weight excluding hydrogens is 327 g/mol. The number of Topliss-reactive ketones (excluding diaryl/α,β-unsaturated/α-hetero) is 2. The maximum atomic E-state index is 13.0. The van der Waals surface area contributed by atoms with Gasteiger partial charge in [0.05, 0.1) is 11.4 Å². The Morgan fingerprint density at radius 1 is 0.960 bits per heavy atom. The monoisotopic (exact) mass is 336 g/mol. The Hall–Kier alpha value is -3.61. The van der Waals surface area contributed by atoms with Crippen LogP contribution in [0.4, 0.5) is 15.8 Å². The van der Waals surface area contributed by atoms with Gasteiger partial charge in [-0.05, 0) is 36.4 Å². The van der Waals surface area contributed by atoms with E-state index >= 15 is 0 Å². The molecule has 0 fully saturated rings. The van der Waals surface area contributed by atoms with E-state index in [-0.39, 0.29) is 11.3 Å². The summed E-state index contributed by atoms with van der Waals surface area (Å²) in [7, 11) is 0. The average molecular weight is 336 g/mol. The lowest BCUT2D eigenvalue weighted by Crippen LogP contribution is -2.37. The second-order valence-corrected chi connectivity index (χ2v) is 5.50. The van der Waals surface area contributed by atoms with Crippen LogP contribution in [0.3, 0.4) is 0 Å². The first-order valence-corrected chi connectivity index (χ1v) is 7.33. The van der Waals surface area contributed by atoms with E-state index in [0.29, 0.717) is 11.4 Å². The summed E-state index contributed by atoms with van der Waals surface area (Å²) in [5.41, 5.74) is -0.115. The molecule has 0 saturated heterocycles. The lowest BCUT2D eigenvalue weighted by atomic mass is 9.99. The first kappa shape index (κ1) is 14.9. The van der Waals surface area contributed by atoms with Crippen LogP contribution < -0.4 is 10.2 Å². The van der Waals surface area contributed by atoms with Crippen LogP contribution in [0.1, 0.15) is 10.4 Å². The molecular formula is C18H9FN2O4. The van der Waals surface area contributed by atoms with E-state index in [2.05, 4.69) is 5.32 Å². The number of nitrogens with zero attached hydrogens (tertiary/aromatic N) is 1. The third-order valence-corrected chi connectivity index (χ3v) is 4.03. The van der Waals surface area contributed by atoms with Gasteiger partial charge in [0, 0.05) is 5.56 Å². The molecule has 25 heavy (non-hydrogen) atoms. The number of hydrogen-bond donors (Lipinski definition) is 1. The number of rotatable bonds is 2. The molecule has 2 heterocycles. The van der Waals surface area contributed by atoms with Crippen molar-refractivity contribution < 1.29 is 23.6 Å². The fourth-order valence-corrected chi connectivity index (χ4v) is 2.89. The molecule has 1 N–H and O–H groups in total. The minimum Gasteiger partial charge on any atom is -0.319 e. The van der Waals surface area contributed by atoms with E-state index in [4.69, 9.17) is 0 Å². The fourth-order valence-electron chi connectivity index (χ4n) is 2.89. The van der Waals surface area contributed by atoms with Crippen molar-refractivity contribution in [1.29, 1.82) is 0 Å². The van der Waals surface area contributed by atoms with E-state index in [1.54, 1.807) is 24.3 Å². The molecule has 122 valence electrons. The number of fused-ring (bicyclic) bond motifs is 3. The highest BCUT2D eigenvalue weighted by molar-refractivity contribution is 6.60. The highest BCUT2D eigenvalue weighted by Crippen LogP contribution is 2.39. The molecule has 2 aromatic carbocycles. The Morgan fingerprint density at radius 3 is 2.36 bits per heavy atom. The predicted molar refractivity (Wildman–Crippen MR) is 85.3 cm³/mol. The van der Waals surface area contributed by atoms with Crippen molar-refractivity contribution in [2.45, 2.75) is 0 Å². The van der Waals surface area contributed by atoms with E-state index in [9.17, 15) is 23.6 Å². The molecule has 0 saturated carbocycles. The number of benzene rings is 2. The Kier molecular flexibility index (Phi) is 3.11. The minimum absolute atomic E-state index is 0.0126. The fraction of sp³-hybridized carbons (Fsp3) is 0. The Morgan fingerprint density at radius 2 is 1.64 bits per heavy atom. The van der Waals surface area contributed by atoms with E-state index in [0.717, 1.165) is 17.0 Å². The van der Waals surface area contributed by atoms with Crippen molar-refractivity contribution in [3.05, 3.63) is 71.2 Å². The largest absolute Gasteiger partial charge is 0.319 e. The van der Waals surface area contributed by atoms with Crippen molar-refractivity contribution in [3.63, 3.8) is 0 Å². The Bertz CT molecular complexity index is 1010. The summed E-state index contributed by atoms with van der Waals surface area (Å²) in [4.78, 5) is 50.8. The molecule has 0 spiro atoms. The standard InChI is InChI=1S/C18H9FN2O4/c19-10-7-5-9(6-8-10)15(22)13-14-17(24)20-11-3-1-2-4-12(11)21(14)18(25)16(13)23/h1-8H,(H,20,24). The molecule has 2 amide bonds. The molecule has 6 nitrogen and oxygen atoms in total. The first-order valence-electron chi connectivity index (χ1n) is 7.33. The number of hydrogen-bond acceptors (Lipinski definition) is 4. The zero-order chi connectivity index (χ0) is 17.7. The molecule has 2 aliphatic heterocycles. The molecule has 0 aliphatic carbocycles. The number of ketones is 2. The van der Waals surface area contributed by atoms with Gasteiger partial charge in [0.1, 0.15) is 17.1 Å². The number of halogens is 1. The number of anilines is 2. The summed E-state index contributed by atoms with van der Waals surface area (Å²) in [5.74, 6) is -4.10. The van der Waals surface area contributed by atoms with E-state index in [1.165, 1.54) is 12.1 Å². The maximum Gasteiger partial charge on any atom is 0.304 e. The molecule has 2 aliphatic rings. The van der Waals surface area contributed by atoms with Crippen LogP contribution in [-0.2, 0) is 14.4 Å². The summed E-state index contributed by atoms with van der Waals surface area (Å²) in [6.07, 6.45) is 0. The molecule has 0 unspecified atom stereocenters. The molecule has 2 aromatic rings. The number of para-hydroxylation sites is 2. The molecule has 7 heteroatoms. The Balaban J connectivity index is 1.90. The van der Waals surface area contributed by atoms with Gasteiger partial charge in [-0.1, -0.05) is 12.1 Å². The smallest absolute Gasteiger partial charge is 0.304 e. The van der Waals surface area contributed by atoms with Crippen LogP contribution in [0.5, 0.6) is 0 Å². The van der Waals surface area contributed by atoms with Gasteiger partial charge < -0.3 is 5.32 Å². The van der Waals surface area contributed by atoms with Crippen LogP contribution in [-0.4, -0.2) is 23.4 Å². The second-order valence-electron chi connectivity index (χ2n) is 5.50. The molecule has 0 bridgehead atoms. The lowest BCUT2D eigenvalue weighted by molar-refractivity contribution is -0.132. The molecule has 0 radical (unpaired) electrons. The van der Waals surface area contributed by atoms with Crippen molar-refractivity contribution >= 4 is 34.8 Å². The van der Waals surface area contributed by atoms with Gasteiger partial charge >= 0.3 is 5.91 Å². The van der Waals surface area contributed by atoms with Gasteiger partial charge in [-0.25, -0.2) is 4.39 Å². The van der Waals surface area contributed by atoms with Crippen molar-refractivity contribution in [2.75, 3.05) is 10.2 Å². The average Bonchev–Trinajstić information content (AvgIpc) is 2.88. The topological polar surface area (TPSA) is 83.6 Å². The normalized spacial score (nSPS) is 15.9.